The third-order valence-electron chi connectivity index (χ3n) is 5.65. The van der Waals surface area contributed by atoms with Crippen LogP contribution in [-0.4, -0.2) is 29.8 Å². The number of alkyl halides is 3. The number of carbonyl (C=O) groups excluding carboxylic acids is 1. The molecule has 0 aromatic heterocycles. The number of aliphatic carboxylic acids is 1. The van der Waals surface area contributed by atoms with Gasteiger partial charge in [-0.05, 0) is 97.0 Å². The van der Waals surface area contributed by atoms with E-state index in [2.05, 4.69) is 0 Å². The van der Waals surface area contributed by atoms with E-state index in [-0.39, 0.29) is 24.3 Å². The molecule has 10 heteroatoms. The second kappa shape index (κ2) is 13.4. The third-order valence-corrected chi connectivity index (χ3v) is 5.65. The number of carboxylic acid groups (broad SMARTS) is 1. The first-order valence-electron chi connectivity index (χ1n) is 12.2. The van der Waals surface area contributed by atoms with E-state index in [9.17, 15) is 27.9 Å². The van der Waals surface area contributed by atoms with E-state index in [1.807, 2.05) is 12.1 Å². The Morgan fingerprint density at radius 3 is 2.03 bits per heavy atom. The fourth-order valence-electron chi connectivity index (χ4n) is 3.87. The van der Waals surface area contributed by atoms with Crippen LogP contribution in [0.2, 0.25) is 0 Å². The summed E-state index contributed by atoms with van der Waals surface area (Å²) in [5.41, 5.74) is 15.3. The van der Waals surface area contributed by atoms with Gasteiger partial charge < -0.3 is 26.0 Å². The first-order valence-corrected chi connectivity index (χ1v) is 12.2. The van der Waals surface area contributed by atoms with Crippen LogP contribution in [0.4, 0.5) is 24.5 Å². The number of allylic oxidation sites excluding steroid dienone is 1. The van der Waals surface area contributed by atoms with Gasteiger partial charge in [0.1, 0.15) is 11.5 Å². The van der Waals surface area contributed by atoms with Crippen LogP contribution in [0.25, 0.3) is 5.57 Å². The minimum atomic E-state index is -4.23. The van der Waals surface area contributed by atoms with Gasteiger partial charge in [-0.2, -0.15) is 13.2 Å². The third kappa shape index (κ3) is 10.1. The summed E-state index contributed by atoms with van der Waals surface area (Å²) in [6.45, 7) is -0.0938. The lowest BCUT2D eigenvalue weighted by Crippen LogP contribution is -2.10. The molecule has 206 valence electrons. The lowest BCUT2D eigenvalue weighted by atomic mass is 9.97. The van der Waals surface area contributed by atoms with Crippen molar-refractivity contribution in [3.63, 3.8) is 0 Å². The Labute approximate surface area is 223 Å². The first kappa shape index (κ1) is 29.1. The Hall–Kier alpha value is -4.47. The van der Waals surface area contributed by atoms with Crippen molar-refractivity contribution in [2.45, 2.75) is 38.3 Å². The largest absolute Gasteiger partial charge is 0.494 e. The highest BCUT2D eigenvalue weighted by Crippen LogP contribution is 2.26. The number of aryl methyl sites for hydroxylation is 1. The Bertz CT molecular complexity index is 1280. The average molecular weight is 543 g/mol. The van der Waals surface area contributed by atoms with Crippen molar-refractivity contribution in [2.24, 2.45) is 0 Å². The molecule has 0 unspecified atom stereocenters. The summed E-state index contributed by atoms with van der Waals surface area (Å²) in [6, 6.07) is 17.7. The fraction of sp³-hybridized carbons (Fsp3) is 0.241. The fourth-order valence-corrected chi connectivity index (χ4v) is 3.87. The van der Waals surface area contributed by atoms with Crippen molar-refractivity contribution < 1.29 is 37.3 Å². The number of hydrogen-bond donors (Lipinski definition) is 3. The molecule has 5 N–H and O–H groups in total. The van der Waals surface area contributed by atoms with Crippen molar-refractivity contribution in [3.8, 4) is 11.5 Å². The van der Waals surface area contributed by atoms with Gasteiger partial charge >= 0.3 is 18.1 Å². The summed E-state index contributed by atoms with van der Waals surface area (Å²) in [5, 5.41) is 9.31. The van der Waals surface area contributed by atoms with Crippen molar-refractivity contribution >= 4 is 28.9 Å². The molecule has 0 saturated carbocycles. The Morgan fingerprint density at radius 2 is 1.44 bits per heavy atom. The molecule has 0 aliphatic rings. The quantitative estimate of drug-likeness (QED) is 0.0808. The van der Waals surface area contributed by atoms with Crippen LogP contribution in [-0.2, 0) is 11.2 Å². The molecule has 3 aromatic carbocycles. The number of halogens is 3. The predicted molar refractivity (Wildman–Crippen MR) is 142 cm³/mol. The van der Waals surface area contributed by atoms with Crippen molar-refractivity contribution in [2.75, 3.05) is 18.1 Å². The minimum absolute atomic E-state index is 0.0938. The number of esters is 1. The number of nitrogens with two attached hydrogens (primary N) is 2. The van der Waals surface area contributed by atoms with E-state index < -0.39 is 24.5 Å². The maximum Gasteiger partial charge on any atom is 0.389 e. The Kier molecular flexibility index (Phi) is 9.97. The molecule has 0 fully saturated rings. The van der Waals surface area contributed by atoms with Crippen LogP contribution in [0.5, 0.6) is 11.5 Å². The van der Waals surface area contributed by atoms with Crippen molar-refractivity contribution in [1.29, 1.82) is 0 Å². The normalized spacial score (nSPS) is 11.7. The molecule has 0 spiro atoms. The van der Waals surface area contributed by atoms with Crippen molar-refractivity contribution in [1.82, 2.24) is 0 Å². The van der Waals surface area contributed by atoms with Crippen LogP contribution < -0.4 is 20.9 Å². The van der Waals surface area contributed by atoms with Crippen LogP contribution in [0.3, 0.4) is 0 Å². The SMILES string of the molecule is Nc1cc(N)cc(CCC/C(=C\C(=O)O)c2ccc(OC(=O)c3ccc(OCCCC(F)(F)F)cc3)cc2)c1. The molecule has 0 amide bonds. The number of hydrogen-bond acceptors (Lipinski definition) is 6. The zero-order valence-corrected chi connectivity index (χ0v) is 21.0. The van der Waals surface area contributed by atoms with E-state index in [4.69, 9.17) is 20.9 Å². The van der Waals surface area contributed by atoms with Crippen LogP contribution in [0, 0.1) is 0 Å². The van der Waals surface area contributed by atoms with Gasteiger partial charge in [0.2, 0.25) is 0 Å². The van der Waals surface area contributed by atoms with Gasteiger partial charge in [0.25, 0.3) is 0 Å². The Balaban J connectivity index is 1.56. The molecule has 0 atom stereocenters. The minimum Gasteiger partial charge on any atom is -0.494 e. The smallest absolute Gasteiger partial charge is 0.389 e. The highest BCUT2D eigenvalue weighted by molar-refractivity contribution is 5.92. The number of rotatable bonds is 12. The highest BCUT2D eigenvalue weighted by atomic mass is 19.4. The van der Waals surface area contributed by atoms with Gasteiger partial charge in [0.15, 0.2) is 0 Å². The van der Waals surface area contributed by atoms with Crippen LogP contribution in [0.1, 0.15) is 47.2 Å². The van der Waals surface area contributed by atoms with E-state index in [0.29, 0.717) is 47.5 Å². The maximum absolute atomic E-state index is 12.5. The lowest BCUT2D eigenvalue weighted by molar-refractivity contribution is -0.136. The molecule has 3 aromatic rings. The van der Waals surface area contributed by atoms with Crippen LogP contribution >= 0.6 is 0 Å². The first-order chi connectivity index (χ1) is 18.5. The zero-order valence-electron chi connectivity index (χ0n) is 21.0. The van der Waals surface area contributed by atoms with E-state index in [0.717, 1.165) is 11.6 Å². The van der Waals surface area contributed by atoms with Gasteiger partial charge in [0.05, 0.1) is 12.2 Å². The molecular weight excluding hydrogens is 513 g/mol. The Morgan fingerprint density at radius 1 is 0.846 bits per heavy atom. The number of ether oxygens (including phenoxy) is 2. The van der Waals surface area contributed by atoms with E-state index in [1.54, 1.807) is 30.3 Å². The second-order valence-electron chi connectivity index (χ2n) is 8.87. The molecule has 3 rings (SSSR count). The number of anilines is 2. The monoisotopic (exact) mass is 542 g/mol. The number of carboxylic acids is 1. The molecule has 0 radical (unpaired) electrons. The molecular formula is C29H29F3N2O5. The lowest BCUT2D eigenvalue weighted by Gasteiger charge is -2.10. The zero-order chi connectivity index (χ0) is 28.4. The van der Waals surface area contributed by atoms with Gasteiger partial charge in [-0.25, -0.2) is 9.59 Å². The van der Waals surface area contributed by atoms with Gasteiger partial charge in [-0.3, -0.25) is 0 Å². The topological polar surface area (TPSA) is 125 Å². The van der Waals surface area contributed by atoms with Gasteiger partial charge in [-0.15, -0.1) is 0 Å². The standard InChI is InChI=1S/C29H29F3N2O5/c30-29(31,32)13-2-14-38-25-9-7-21(8-10-25)28(37)39-26-11-5-20(6-12-26)22(17-27(35)36)4-1-3-19-15-23(33)18-24(34)16-19/h5-12,15-18H,1-4,13-14,33-34H2,(H,35,36)/b22-17+. The number of nitrogen functional groups attached to an aromatic ring is 2. The molecule has 0 bridgehead atoms. The van der Waals surface area contributed by atoms with Crippen molar-refractivity contribution in [3.05, 3.63) is 89.5 Å². The number of benzene rings is 3. The van der Waals surface area contributed by atoms with E-state index >= 15 is 0 Å². The molecule has 0 aliphatic heterocycles. The summed E-state index contributed by atoms with van der Waals surface area (Å²) in [5.74, 6) is -1.09. The van der Waals surface area contributed by atoms with Crippen LogP contribution in [0.15, 0.2) is 72.8 Å². The van der Waals surface area contributed by atoms with Gasteiger partial charge in [-0.1, -0.05) is 12.1 Å². The molecule has 0 saturated heterocycles. The summed E-state index contributed by atoms with van der Waals surface area (Å²) in [7, 11) is 0. The van der Waals surface area contributed by atoms with E-state index in [1.165, 1.54) is 24.3 Å². The molecule has 0 aliphatic carbocycles. The summed E-state index contributed by atoms with van der Waals surface area (Å²) >= 11 is 0. The molecule has 7 nitrogen and oxygen atoms in total. The predicted octanol–water partition coefficient (Wildman–Crippen LogP) is 6.28. The summed E-state index contributed by atoms with van der Waals surface area (Å²) < 4.78 is 47.3. The average Bonchev–Trinajstić information content (AvgIpc) is 2.85. The van der Waals surface area contributed by atoms with Gasteiger partial charge in [0, 0.05) is 23.9 Å². The summed E-state index contributed by atoms with van der Waals surface area (Å²) in [6.07, 6.45) is -2.34. The number of carbonyl (C=O) groups is 2. The molecule has 39 heavy (non-hydrogen) atoms. The second-order valence-corrected chi connectivity index (χ2v) is 8.87. The maximum atomic E-state index is 12.5. The highest BCUT2D eigenvalue weighted by Gasteiger charge is 2.26. The summed E-state index contributed by atoms with van der Waals surface area (Å²) in [4.78, 5) is 23.9. The molecule has 0 heterocycles.